The fraction of sp³-hybridized carbons (Fsp3) is 0.556. The van der Waals surface area contributed by atoms with Gasteiger partial charge in [0.2, 0.25) is 6.23 Å². The van der Waals surface area contributed by atoms with E-state index in [1.807, 2.05) is 0 Å². The molecule has 2 atom stereocenters. The van der Waals surface area contributed by atoms with Crippen molar-refractivity contribution in [1.82, 2.24) is 9.55 Å². The molecule has 2 N–H and O–H groups in total. The zero-order chi connectivity index (χ0) is 11.9. The Bertz CT molecular complexity index is 460. The Morgan fingerprint density at radius 1 is 1.69 bits per heavy atom. The maximum Gasteiger partial charge on any atom is 0.351 e. The minimum atomic E-state index is -3.07. The number of rotatable bonds is 1. The predicted molar refractivity (Wildman–Crippen MR) is 52.1 cm³/mol. The molecule has 0 spiro atoms. The molecular formula is C9H11F2N3O2. The van der Waals surface area contributed by atoms with Crippen LogP contribution in [0.2, 0.25) is 0 Å². The minimum absolute atomic E-state index is 0.00406. The zero-order valence-corrected chi connectivity index (χ0v) is 8.56. The Hall–Kier alpha value is -1.50. The van der Waals surface area contributed by atoms with E-state index in [0.717, 1.165) is 4.57 Å². The molecule has 16 heavy (non-hydrogen) atoms. The van der Waals surface area contributed by atoms with Gasteiger partial charge in [0.15, 0.2) is 0 Å². The molecule has 1 aromatic heterocycles. The summed E-state index contributed by atoms with van der Waals surface area (Å²) in [5, 5.41) is 0. The average Bonchev–Trinajstić information content (AvgIpc) is 2.39. The zero-order valence-electron chi connectivity index (χ0n) is 8.56. The molecule has 5 nitrogen and oxygen atoms in total. The molecule has 0 amide bonds. The summed E-state index contributed by atoms with van der Waals surface area (Å²) < 4.78 is 32.7. The van der Waals surface area contributed by atoms with Gasteiger partial charge in [-0.3, -0.25) is 4.57 Å². The average molecular weight is 231 g/mol. The van der Waals surface area contributed by atoms with Gasteiger partial charge in [0.05, 0.1) is 6.10 Å². The van der Waals surface area contributed by atoms with Crippen LogP contribution in [0.4, 0.5) is 14.6 Å². The van der Waals surface area contributed by atoms with E-state index >= 15 is 0 Å². The third-order valence-corrected chi connectivity index (χ3v) is 2.39. The van der Waals surface area contributed by atoms with Gasteiger partial charge in [-0.15, -0.1) is 0 Å². The van der Waals surface area contributed by atoms with Gasteiger partial charge in [-0.05, 0) is 13.0 Å². The summed E-state index contributed by atoms with van der Waals surface area (Å²) in [5.41, 5.74) is 4.43. The van der Waals surface area contributed by atoms with Crippen LogP contribution in [0.5, 0.6) is 0 Å². The van der Waals surface area contributed by atoms with Crippen LogP contribution in [0.1, 0.15) is 19.6 Å². The molecule has 2 heterocycles. The number of aromatic nitrogens is 2. The van der Waals surface area contributed by atoms with Gasteiger partial charge >= 0.3 is 5.69 Å². The summed E-state index contributed by atoms with van der Waals surface area (Å²) in [6.07, 6.45) is -1.43. The van der Waals surface area contributed by atoms with Gasteiger partial charge in [-0.2, -0.15) is 4.98 Å². The summed E-state index contributed by atoms with van der Waals surface area (Å²) in [5.74, 6) is -3.07. The first kappa shape index (κ1) is 11.0. The Balaban J connectivity index is 2.41. The molecule has 7 heteroatoms. The van der Waals surface area contributed by atoms with Gasteiger partial charge in [-0.1, -0.05) is 0 Å². The van der Waals surface area contributed by atoms with E-state index in [4.69, 9.17) is 10.5 Å². The van der Waals surface area contributed by atoms with Crippen LogP contribution < -0.4 is 11.4 Å². The lowest BCUT2D eigenvalue weighted by Crippen LogP contribution is -2.35. The largest absolute Gasteiger partial charge is 0.383 e. The van der Waals surface area contributed by atoms with Crippen molar-refractivity contribution in [3.8, 4) is 0 Å². The van der Waals surface area contributed by atoms with E-state index in [-0.39, 0.29) is 5.82 Å². The molecular weight excluding hydrogens is 220 g/mol. The van der Waals surface area contributed by atoms with Crippen LogP contribution in [-0.4, -0.2) is 21.6 Å². The van der Waals surface area contributed by atoms with Crippen molar-refractivity contribution in [3.05, 3.63) is 22.7 Å². The first-order valence-corrected chi connectivity index (χ1v) is 4.78. The van der Waals surface area contributed by atoms with E-state index in [1.54, 1.807) is 0 Å². The quantitative estimate of drug-likeness (QED) is 0.774. The van der Waals surface area contributed by atoms with E-state index in [1.165, 1.54) is 19.2 Å². The Morgan fingerprint density at radius 3 is 2.88 bits per heavy atom. The summed E-state index contributed by atoms with van der Waals surface area (Å²) in [4.78, 5) is 14.8. The molecule has 1 aliphatic heterocycles. The lowest BCUT2D eigenvalue weighted by molar-refractivity contribution is -0.115. The van der Waals surface area contributed by atoms with Crippen LogP contribution in [0.25, 0.3) is 0 Å². The summed E-state index contributed by atoms with van der Waals surface area (Å²) in [7, 11) is 0. The molecule has 1 unspecified atom stereocenters. The van der Waals surface area contributed by atoms with Crippen molar-refractivity contribution in [2.75, 3.05) is 5.73 Å². The number of anilines is 1. The smallest absolute Gasteiger partial charge is 0.351 e. The van der Waals surface area contributed by atoms with Gasteiger partial charge < -0.3 is 10.5 Å². The fourth-order valence-corrected chi connectivity index (χ4v) is 1.73. The fourth-order valence-electron chi connectivity index (χ4n) is 1.73. The number of ether oxygens (including phenoxy) is 1. The number of halogens is 2. The van der Waals surface area contributed by atoms with Gasteiger partial charge in [0.25, 0.3) is 5.92 Å². The van der Waals surface area contributed by atoms with Crippen LogP contribution in [-0.2, 0) is 4.74 Å². The van der Waals surface area contributed by atoms with Crippen molar-refractivity contribution >= 4 is 5.82 Å². The number of hydrogen-bond acceptors (Lipinski definition) is 4. The maximum absolute atomic E-state index is 13.5. The number of alkyl halides is 2. The Labute approximate surface area is 89.8 Å². The normalized spacial score (nSPS) is 28.2. The first-order valence-electron chi connectivity index (χ1n) is 4.78. The molecule has 1 aromatic rings. The molecule has 88 valence electrons. The predicted octanol–water partition coefficient (Wildman–Crippen LogP) is 0.768. The second-order valence-electron chi connectivity index (χ2n) is 3.81. The molecule has 0 aliphatic carbocycles. The van der Waals surface area contributed by atoms with Gasteiger partial charge in [-0.25, -0.2) is 13.6 Å². The van der Waals surface area contributed by atoms with Gasteiger partial charge in [0.1, 0.15) is 5.82 Å². The monoisotopic (exact) mass is 231 g/mol. The van der Waals surface area contributed by atoms with Crippen LogP contribution in [0.15, 0.2) is 17.1 Å². The lowest BCUT2D eigenvalue weighted by Gasteiger charge is -2.19. The third kappa shape index (κ3) is 1.78. The lowest BCUT2D eigenvalue weighted by atomic mass is 10.2. The molecule has 1 aliphatic rings. The van der Waals surface area contributed by atoms with E-state index in [0.29, 0.717) is 0 Å². The standard InChI is InChI=1S/C9H11F2N3O2/c1-5-4-9(10,11)7(16-5)14-3-2-6(12)13-8(14)15/h2-3,5,7H,4H2,1H3,(H2,12,13,15)/t5-,7?/m1/s1. The number of hydrogen-bond donors (Lipinski definition) is 1. The van der Waals surface area contributed by atoms with Crippen LogP contribution in [0, 0.1) is 0 Å². The van der Waals surface area contributed by atoms with Crippen molar-refractivity contribution < 1.29 is 13.5 Å². The minimum Gasteiger partial charge on any atom is -0.383 e. The highest BCUT2D eigenvalue weighted by atomic mass is 19.3. The topological polar surface area (TPSA) is 70.1 Å². The number of nitrogens with zero attached hydrogens (tertiary/aromatic N) is 2. The van der Waals surface area contributed by atoms with Crippen molar-refractivity contribution in [2.45, 2.75) is 31.6 Å². The van der Waals surface area contributed by atoms with Crippen molar-refractivity contribution in [3.63, 3.8) is 0 Å². The van der Waals surface area contributed by atoms with Crippen molar-refractivity contribution in [2.24, 2.45) is 0 Å². The van der Waals surface area contributed by atoms with Crippen LogP contribution >= 0.6 is 0 Å². The van der Waals surface area contributed by atoms with Gasteiger partial charge in [0, 0.05) is 12.6 Å². The highest BCUT2D eigenvalue weighted by Crippen LogP contribution is 2.41. The molecule has 0 radical (unpaired) electrons. The second-order valence-corrected chi connectivity index (χ2v) is 3.81. The SMILES string of the molecule is C[C@@H]1CC(F)(F)C(n2ccc(N)nc2=O)O1. The van der Waals surface area contributed by atoms with Crippen molar-refractivity contribution in [1.29, 1.82) is 0 Å². The molecule has 0 bridgehead atoms. The van der Waals surface area contributed by atoms with E-state index in [9.17, 15) is 13.6 Å². The molecule has 1 saturated heterocycles. The number of nitrogen functional groups attached to an aromatic ring is 1. The van der Waals surface area contributed by atoms with E-state index < -0.39 is 30.4 Å². The Kier molecular flexibility index (Phi) is 2.42. The van der Waals surface area contributed by atoms with Crippen LogP contribution in [0.3, 0.4) is 0 Å². The highest BCUT2D eigenvalue weighted by molar-refractivity contribution is 5.23. The second kappa shape index (κ2) is 3.51. The summed E-state index contributed by atoms with van der Waals surface area (Å²) in [6.45, 7) is 1.53. The number of nitrogens with two attached hydrogens (primary N) is 1. The molecule has 2 rings (SSSR count). The first-order chi connectivity index (χ1) is 7.40. The maximum atomic E-state index is 13.5. The Morgan fingerprint density at radius 2 is 2.38 bits per heavy atom. The highest BCUT2D eigenvalue weighted by Gasteiger charge is 2.50. The molecule has 0 aromatic carbocycles. The molecule has 1 fully saturated rings. The van der Waals surface area contributed by atoms with E-state index in [2.05, 4.69) is 4.98 Å². The summed E-state index contributed by atoms with van der Waals surface area (Å²) in [6, 6.07) is 1.28. The summed E-state index contributed by atoms with van der Waals surface area (Å²) >= 11 is 0. The third-order valence-electron chi connectivity index (χ3n) is 2.39. The molecule has 0 saturated carbocycles.